The zero-order chi connectivity index (χ0) is 20.5. The second kappa shape index (κ2) is 7.81. The van der Waals surface area contributed by atoms with Gasteiger partial charge in [-0.2, -0.15) is 9.97 Å². The number of nitrogen functional groups attached to an aromatic ring is 1. The molecular weight excluding hydrogens is 407 g/mol. The molecule has 8 heteroatoms. The Kier molecular flexibility index (Phi) is 5.22. The molecule has 29 heavy (non-hydrogen) atoms. The van der Waals surface area contributed by atoms with Crippen LogP contribution in [0.25, 0.3) is 33.7 Å². The first-order valence-corrected chi connectivity index (χ1v) is 9.80. The fourth-order valence-corrected chi connectivity index (χ4v) is 3.16. The van der Waals surface area contributed by atoms with Crippen LogP contribution in [-0.2, 0) is 0 Å². The van der Waals surface area contributed by atoms with Crippen LogP contribution in [0.4, 0.5) is 11.8 Å². The number of nitrogens with two attached hydrogens (primary N) is 1. The van der Waals surface area contributed by atoms with Gasteiger partial charge in [-0.15, -0.1) is 0 Å². The van der Waals surface area contributed by atoms with Crippen LogP contribution in [0, 0.1) is 0 Å². The molecule has 146 valence electrons. The third-order valence-corrected chi connectivity index (χ3v) is 4.72. The Balaban J connectivity index is 1.98. The highest BCUT2D eigenvalue weighted by atomic mass is 35.5. The van der Waals surface area contributed by atoms with Gasteiger partial charge in [0.2, 0.25) is 5.95 Å². The molecule has 0 fully saturated rings. The van der Waals surface area contributed by atoms with Crippen molar-refractivity contribution in [2.75, 3.05) is 11.1 Å². The second-order valence-electron chi connectivity index (χ2n) is 6.84. The smallest absolute Gasteiger partial charge is 0.227 e. The van der Waals surface area contributed by atoms with Crippen molar-refractivity contribution in [3.63, 3.8) is 0 Å². The number of fused-ring (bicyclic) bond motifs is 1. The molecule has 4 rings (SSSR count). The summed E-state index contributed by atoms with van der Waals surface area (Å²) in [6.07, 6.45) is 0. The number of benzene rings is 2. The van der Waals surface area contributed by atoms with Gasteiger partial charge in [0.25, 0.3) is 0 Å². The van der Waals surface area contributed by atoms with Crippen LogP contribution >= 0.6 is 23.2 Å². The van der Waals surface area contributed by atoms with Crippen molar-refractivity contribution >= 4 is 46.1 Å². The summed E-state index contributed by atoms with van der Waals surface area (Å²) in [5.74, 6) is 0.684. The number of halogens is 2. The van der Waals surface area contributed by atoms with Gasteiger partial charge in [-0.3, -0.25) is 0 Å². The molecule has 4 aromatic rings. The molecule has 0 saturated carbocycles. The van der Waals surface area contributed by atoms with Gasteiger partial charge in [0, 0.05) is 27.2 Å². The Bertz CT molecular complexity index is 1170. The zero-order valence-electron chi connectivity index (χ0n) is 15.8. The molecule has 0 spiro atoms. The molecule has 0 bridgehead atoms. The van der Waals surface area contributed by atoms with E-state index in [4.69, 9.17) is 38.9 Å². The average molecular weight is 425 g/mol. The van der Waals surface area contributed by atoms with Crippen molar-refractivity contribution < 1.29 is 0 Å². The standard InChI is InChI=1S/C21H18Cl2N6/c1-11(2)25-21-28-19(24)18-20(29-21)27-17(13-5-9-15(23)10-6-13)16(26-18)12-3-7-14(22)8-4-12/h3-11H,1-2H3,(H3,24,25,27,28,29). The molecule has 2 aromatic heterocycles. The van der Waals surface area contributed by atoms with Crippen LogP contribution in [0.3, 0.4) is 0 Å². The average Bonchev–Trinajstić information content (AvgIpc) is 2.68. The predicted molar refractivity (Wildman–Crippen MR) is 119 cm³/mol. The van der Waals surface area contributed by atoms with Crippen LogP contribution in [0.5, 0.6) is 0 Å². The Hall–Kier alpha value is -2.96. The summed E-state index contributed by atoms with van der Waals surface area (Å²) in [4.78, 5) is 18.4. The highest BCUT2D eigenvalue weighted by molar-refractivity contribution is 6.31. The fourth-order valence-electron chi connectivity index (χ4n) is 2.91. The maximum absolute atomic E-state index is 6.18. The summed E-state index contributed by atoms with van der Waals surface area (Å²) < 4.78 is 0. The zero-order valence-corrected chi connectivity index (χ0v) is 17.3. The number of nitrogens with one attached hydrogen (secondary N) is 1. The molecular formula is C21H18Cl2N6. The highest BCUT2D eigenvalue weighted by Gasteiger charge is 2.17. The third kappa shape index (κ3) is 4.09. The first-order chi connectivity index (χ1) is 13.9. The lowest BCUT2D eigenvalue weighted by Gasteiger charge is -2.13. The summed E-state index contributed by atoms with van der Waals surface area (Å²) in [6, 6.07) is 15.0. The molecule has 0 amide bonds. The number of anilines is 2. The maximum Gasteiger partial charge on any atom is 0.227 e. The van der Waals surface area contributed by atoms with Crippen LogP contribution in [0.1, 0.15) is 13.8 Å². The minimum atomic E-state index is 0.156. The Morgan fingerprint density at radius 1 is 0.759 bits per heavy atom. The van der Waals surface area contributed by atoms with Crippen molar-refractivity contribution in [1.82, 2.24) is 19.9 Å². The van der Waals surface area contributed by atoms with E-state index < -0.39 is 0 Å². The van der Waals surface area contributed by atoms with Gasteiger partial charge < -0.3 is 11.1 Å². The van der Waals surface area contributed by atoms with Gasteiger partial charge in [0.15, 0.2) is 17.0 Å². The molecule has 3 N–H and O–H groups in total. The number of hydrogen-bond donors (Lipinski definition) is 2. The van der Waals surface area contributed by atoms with Gasteiger partial charge in [0.1, 0.15) is 0 Å². The second-order valence-corrected chi connectivity index (χ2v) is 7.71. The number of hydrogen-bond acceptors (Lipinski definition) is 6. The van der Waals surface area contributed by atoms with Crippen molar-refractivity contribution in [2.45, 2.75) is 19.9 Å². The first kappa shape index (κ1) is 19.4. The maximum atomic E-state index is 6.18. The largest absolute Gasteiger partial charge is 0.382 e. The topological polar surface area (TPSA) is 89.6 Å². The van der Waals surface area contributed by atoms with Crippen LogP contribution < -0.4 is 11.1 Å². The van der Waals surface area contributed by atoms with Gasteiger partial charge in [-0.25, -0.2) is 9.97 Å². The van der Waals surface area contributed by atoms with E-state index in [0.29, 0.717) is 38.5 Å². The summed E-state index contributed by atoms with van der Waals surface area (Å²) in [5, 5.41) is 4.44. The molecule has 0 unspecified atom stereocenters. The molecule has 0 radical (unpaired) electrons. The summed E-state index contributed by atoms with van der Waals surface area (Å²) in [6.45, 7) is 4.00. The van der Waals surface area contributed by atoms with E-state index in [9.17, 15) is 0 Å². The third-order valence-electron chi connectivity index (χ3n) is 4.21. The molecule has 0 aliphatic carbocycles. The predicted octanol–water partition coefficient (Wildman–Crippen LogP) is 5.46. The van der Waals surface area contributed by atoms with Crippen LogP contribution in [-0.4, -0.2) is 26.0 Å². The molecule has 0 aliphatic rings. The normalized spacial score (nSPS) is 11.2. The van der Waals surface area contributed by atoms with Crippen molar-refractivity contribution in [1.29, 1.82) is 0 Å². The van der Waals surface area contributed by atoms with Crippen molar-refractivity contribution in [3.05, 3.63) is 58.6 Å². The van der Waals surface area contributed by atoms with Crippen molar-refractivity contribution in [3.8, 4) is 22.5 Å². The molecule has 0 atom stereocenters. The lowest BCUT2D eigenvalue weighted by molar-refractivity contribution is 0.877. The van der Waals surface area contributed by atoms with E-state index in [0.717, 1.165) is 11.1 Å². The van der Waals surface area contributed by atoms with Crippen molar-refractivity contribution in [2.24, 2.45) is 0 Å². The fraction of sp³-hybridized carbons (Fsp3) is 0.143. The molecule has 0 aliphatic heterocycles. The van der Waals surface area contributed by atoms with E-state index in [1.54, 1.807) is 0 Å². The van der Waals surface area contributed by atoms with Gasteiger partial charge >= 0.3 is 0 Å². The van der Waals surface area contributed by atoms with Crippen LogP contribution in [0.15, 0.2) is 48.5 Å². The Morgan fingerprint density at radius 2 is 1.28 bits per heavy atom. The lowest BCUT2D eigenvalue weighted by atomic mass is 10.0. The summed E-state index contributed by atoms with van der Waals surface area (Å²) in [5.41, 5.74) is 10.1. The number of aromatic nitrogens is 4. The minimum Gasteiger partial charge on any atom is -0.382 e. The Labute approximate surface area is 178 Å². The highest BCUT2D eigenvalue weighted by Crippen LogP contribution is 2.33. The van der Waals surface area contributed by atoms with Gasteiger partial charge in [-0.1, -0.05) is 47.5 Å². The van der Waals surface area contributed by atoms with Gasteiger partial charge in [0.05, 0.1) is 11.4 Å². The van der Waals surface area contributed by atoms with Gasteiger partial charge in [-0.05, 0) is 38.1 Å². The first-order valence-electron chi connectivity index (χ1n) is 9.04. The quantitative estimate of drug-likeness (QED) is 0.451. The Morgan fingerprint density at radius 3 is 1.79 bits per heavy atom. The molecule has 6 nitrogen and oxygen atoms in total. The van der Waals surface area contributed by atoms with Crippen LogP contribution in [0.2, 0.25) is 10.0 Å². The van der Waals surface area contributed by atoms with E-state index in [2.05, 4.69) is 15.3 Å². The number of nitrogens with zero attached hydrogens (tertiary/aromatic N) is 4. The van der Waals surface area contributed by atoms with E-state index >= 15 is 0 Å². The summed E-state index contributed by atoms with van der Waals surface area (Å²) in [7, 11) is 0. The molecule has 2 aromatic carbocycles. The monoisotopic (exact) mass is 424 g/mol. The van der Waals surface area contributed by atoms with E-state index in [-0.39, 0.29) is 11.9 Å². The molecule has 0 saturated heterocycles. The van der Waals surface area contributed by atoms with E-state index in [1.807, 2.05) is 62.4 Å². The summed E-state index contributed by atoms with van der Waals surface area (Å²) >= 11 is 12.1. The minimum absolute atomic E-state index is 0.156. The SMILES string of the molecule is CC(C)Nc1nc(N)c2nc(-c3ccc(Cl)cc3)c(-c3ccc(Cl)cc3)nc2n1. The lowest BCUT2D eigenvalue weighted by Crippen LogP contribution is -2.14. The van der Waals surface area contributed by atoms with E-state index in [1.165, 1.54) is 0 Å². The molecule has 2 heterocycles. The number of rotatable bonds is 4.